The van der Waals surface area contributed by atoms with Gasteiger partial charge < -0.3 is 11.5 Å². The largest absolute Gasteiger partial charge is 0.370 e. The van der Waals surface area contributed by atoms with Crippen LogP contribution in [-0.2, 0) is 0 Å². The molecule has 0 saturated heterocycles. The van der Waals surface area contributed by atoms with Gasteiger partial charge in [0.1, 0.15) is 0 Å². The Bertz CT molecular complexity index is 892. The van der Waals surface area contributed by atoms with Gasteiger partial charge in [-0.1, -0.05) is 36.4 Å². The van der Waals surface area contributed by atoms with Crippen LogP contribution in [0.1, 0.15) is 15.2 Å². The van der Waals surface area contributed by atoms with Crippen molar-refractivity contribution >= 4 is 33.3 Å². The molecule has 0 aliphatic carbocycles. The molecule has 5 heteroatoms. The lowest BCUT2D eigenvalue weighted by molar-refractivity contribution is 0.101. The maximum Gasteiger partial charge on any atom is 0.290 e. The molecule has 4 N–H and O–H groups in total. The second-order valence-corrected chi connectivity index (χ2v) is 6.07. The lowest BCUT2D eigenvalue weighted by Gasteiger charge is -2.06. The Labute approximate surface area is 132 Å². The minimum absolute atomic E-state index is 0.221. The molecule has 110 valence electrons. The molecule has 1 heterocycles. The number of nitrogens with zero attached hydrogens (tertiary/aromatic N) is 1. The van der Waals surface area contributed by atoms with Crippen LogP contribution in [0.5, 0.6) is 0 Å². The van der Waals surface area contributed by atoms with E-state index < -0.39 is 5.91 Å². The summed E-state index contributed by atoms with van der Waals surface area (Å²) in [7, 11) is 0. The molecule has 1 amide bonds. The normalized spacial score (nSPS) is 10.6. The van der Waals surface area contributed by atoms with Gasteiger partial charge in [-0.05, 0) is 35.7 Å². The van der Waals surface area contributed by atoms with Gasteiger partial charge in [-0.25, -0.2) is 0 Å². The van der Waals surface area contributed by atoms with Gasteiger partial charge in [-0.15, -0.1) is 11.3 Å². The molecule has 0 radical (unpaired) electrons. The molecule has 4 nitrogen and oxygen atoms in total. The predicted octanol–water partition coefficient (Wildman–Crippen LogP) is 3.29. The third-order valence-corrected chi connectivity index (χ3v) is 4.53. The number of rotatable bonds is 2. The highest BCUT2D eigenvalue weighted by Gasteiger charge is 2.13. The minimum atomic E-state index is -0.406. The molecule has 3 rings (SSSR count). The molecule has 0 fully saturated rings. The first-order valence-electron chi connectivity index (χ1n) is 6.79. The van der Waals surface area contributed by atoms with Crippen LogP contribution < -0.4 is 11.5 Å². The molecule has 0 unspecified atom stereocenters. The van der Waals surface area contributed by atoms with E-state index in [-0.39, 0.29) is 5.96 Å². The third kappa shape index (κ3) is 2.58. The standard InChI is InChI=1S/C17H15N3OS/c1-10-5-2-3-6-11(10)12-7-4-8-14-13(12)9-15(22-14)16(21)20-17(18)19/h2-9H,1H3,(H4,18,19,20,21). The van der Waals surface area contributed by atoms with E-state index in [1.165, 1.54) is 16.9 Å². The summed E-state index contributed by atoms with van der Waals surface area (Å²) in [6.45, 7) is 2.08. The fourth-order valence-electron chi connectivity index (χ4n) is 2.45. The Morgan fingerprint density at radius 2 is 1.77 bits per heavy atom. The summed E-state index contributed by atoms with van der Waals surface area (Å²) in [5, 5.41) is 1.04. The number of carbonyl (C=O) groups is 1. The number of thiophene rings is 1. The number of hydrogen-bond acceptors (Lipinski definition) is 2. The molecule has 0 bridgehead atoms. The molecule has 3 aromatic rings. The number of nitrogens with two attached hydrogens (primary N) is 2. The van der Waals surface area contributed by atoms with E-state index in [0.29, 0.717) is 4.88 Å². The zero-order valence-corrected chi connectivity index (χ0v) is 12.9. The summed E-state index contributed by atoms with van der Waals surface area (Å²) < 4.78 is 1.04. The molecular formula is C17H15N3OS. The van der Waals surface area contributed by atoms with Crippen LogP contribution in [0.2, 0.25) is 0 Å². The van der Waals surface area contributed by atoms with E-state index in [1.54, 1.807) is 0 Å². The van der Waals surface area contributed by atoms with Gasteiger partial charge in [0.25, 0.3) is 5.91 Å². The first kappa shape index (κ1) is 14.3. The van der Waals surface area contributed by atoms with Crippen LogP contribution in [0.4, 0.5) is 0 Å². The van der Waals surface area contributed by atoms with E-state index in [1.807, 2.05) is 30.3 Å². The van der Waals surface area contributed by atoms with E-state index >= 15 is 0 Å². The molecule has 22 heavy (non-hydrogen) atoms. The summed E-state index contributed by atoms with van der Waals surface area (Å²) in [6.07, 6.45) is 0. The third-order valence-electron chi connectivity index (χ3n) is 3.44. The average molecular weight is 309 g/mol. The fourth-order valence-corrected chi connectivity index (χ4v) is 3.42. The molecule has 1 aromatic heterocycles. The minimum Gasteiger partial charge on any atom is -0.370 e. The quantitative estimate of drug-likeness (QED) is 0.563. The van der Waals surface area contributed by atoms with Gasteiger partial charge in [-0.3, -0.25) is 4.79 Å². The van der Waals surface area contributed by atoms with E-state index in [2.05, 4.69) is 30.1 Å². The van der Waals surface area contributed by atoms with Gasteiger partial charge >= 0.3 is 0 Å². The topological polar surface area (TPSA) is 81.5 Å². The molecule has 0 saturated carbocycles. The first-order chi connectivity index (χ1) is 10.6. The number of benzene rings is 2. The van der Waals surface area contributed by atoms with Crippen molar-refractivity contribution in [2.75, 3.05) is 0 Å². The van der Waals surface area contributed by atoms with Crippen LogP contribution >= 0.6 is 11.3 Å². The number of fused-ring (bicyclic) bond motifs is 1. The summed E-state index contributed by atoms with van der Waals surface area (Å²) in [5.74, 6) is -0.626. The lowest BCUT2D eigenvalue weighted by Crippen LogP contribution is -2.24. The monoisotopic (exact) mass is 309 g/mol. The SMILES string of the molecule is Cc1ccccc1-c1cccc2sc(C(=O)N=C(N)N)cc12. The number of aryl methyl sites for hydroxylation is 1. The van der Waals surface area contributed by atoms with Gasteiger partial charge in [0.2, 0.25) is 0 Å². The van der Waals surface area contributed by atoms with Crippen molar-refractivity contribution in [3.8, 4) is 11.1 Å². The van der Waals surface area contributed by atoms with Crippen LogP contribution in [0.3, 0.4) is 0 Å². The number of guanidine groups is 1. The van der Waals surface area contributed by atoms with Gasteiger partial charge in [0, 0.05) is 10.1 Å². The molecule has 0 atom stereocenters. The Morgan fingerprint density at radius 1 is 1.05 bits per heavy atom. The number of amides is 1. The number of carbonyl (C=O) groups excluding carboxylic acids is 1. The average Bonchev–Trinajstić information content (AvgIpc) is 2.91. The number of hydrogen-bond donors (Lipinski definition) is 2. The van der Waals surface area contributed by atoms with Crippen molar-refractivity contribution in [3.63, 3.8) is 0 Å². The summed E-state index contributed by atoms with van der Waals surface area (Å²) >= 11 is 1.39. The zero-order chi connectivity index (χ0) is 15.7. The van der Waals surface area contributed by atoms with E-state index in [9.17, 15) is 4.79 Å². The molecular weight excluding hydrogens is 294 g/mol. The van der Waals surface area contributed by atoms with Crippen LogP contribution in [0.15, 0.2) is 53.5 Å². The summed E-state index contributed by atoms with van der Waals surface area (Å²) in [5.41, 5.74) is 14.0. The Hall–Kier alpha value is -2.66. The molecule has 2 aromatic carbocycles. The van der Waals surface area contributed by atoms with Crippen molar-refractivity contribution in [1.29, 1.82) is 0 Å². The van der Waals surface area contributed by atoms with Crippen molar-refractivity contribution in [3.05, 3.63) is 59.0 Å². The van der Waals surface area contributed by atoms with Gasteiger partial charge in [-0.2, -0.15) is 4.99 Å². The second-order valence-electron chi connectivity index (χ2n) is 4.98. The van der Waals surface area contributed by atoms with Crippen molar-refractivity contribution < 1.29 is 4.79 Å². The molecule has 0 aliphatic heterocycles. The lowest BCUT2D eigenvalue weighted by atomic mass is 9.98. The highest BCUT2D eigenvalue weighted by molar-refractivity contribution is 7.20. The molecule has 0 aliphatic rings. The smallest absolute Gasteiger partial charge is 0.290 e. The maximum atomic E-state index is 12.0. The van der Waals surface area contributed by atoms with E-state index in [0.717, 1.165) is 21.2 Å². The van der Waals surface area contributed by atoms with Crippen molar-refractivity contribution in [2.24, 2.45) is 16.5 Å². The molecule has 0 spiro atoms. The van der Waals surface area contributed by atoms with Crippen LogP contribution in [-0.4, -0.2) is 11.9 Å². The summed E-state index contributed by atoms with van der Waals surface area (Å²) in [4.78, 5) is 16.1. The highest BCUT2D eigenvalue weighted by atomic mass is 32.1. The van der Waals surface area contributed by atoms with Crippen molar-refractivity contribution in [1.82, 2.24) is 0 Å². The Kier molecular flexibility index (Phi) is 3.65. The van der Waals surface area contributed by atoms with Gasteiger partial charge in [0.15, 0.2) is 5.96 Å². The van der Waals surface area contributed by atoms with Gasteiger partial charge in [0.05, 0.1) is 4.88 Å². The predicted molar refractivity (Wildman–Crippen MR) is 92.1 cm³/mol. The van der Waals surface area contributed by atoms with Crippen molar-refractivity contribution in [2.45, 2.75) is 6.92 Å². The Balaban J connectivity index is 2.18. The highest BCUT2D eigenvalue weighted by Crippen LogP contribution is 2.35. The van der Waals surface area contributed by atoms with Crippen LogP contribution in [0.25, 0.3) is 21.2 Å². The fraction of sp³-hybridized carbons (Fsp3) is 0.0588. The van der Waals surface area contributed by atoms with Crippen LogP contribution in [0, 0.1) is 6.92 Å². The first-order valence-corrected chi connectivity index (χ1v) is 7.60. The zero-order valence-electron chi connectivity index (χ0n) is 12.0. The summed E-state index contributed by atoms with van der Waals surface area (Å²) in [6, 6.07) is 16.1. The number of aliphatic imine (C=N–C) groups is 1. The maximum absolute atomic E-state index is 12.0. The second kappa shape index (κ2) is 5.61. The Morgan fingerprint density at radius 3 is 2.50 bits per heavy atom. The van der Waals surface area contributed by atoms with E-state index in [4.69, 9.17) is 11.5 Å².